The molecule has 4 heteroatoms. The maximum absolute atomic E-state index is 11.8. The minimum atomic E-state index is -0.167. The Kier molecular flexibility index (Phi) is 2.60. The van der Waals surface area contributed by atoms with Crippen LogP contribution in [0.2, 0.25) is 0 Å². The molecule has 0 radical (unpaired) electrons. The van der Waals surface area contributed by atoms with Crippen LogP contribution in [-0.2, 0) is 0 Å². The summed E-state index contributed by atoms with van der Waals surface area (Å²) in [6, 6.07) is 8.36. The van der Waals surface area contributed by atoms with Gasteiger partial charge in [0.2, 0.25) is 5.78 Å². The molecule has 2 N–H and O–H groups in total. The van der Waals surface area contributed by atoms with Crippen LogP contribution >= 0.6 is 15.9 Å². The van der Waals surface area contributed by atoms with Gasteiger partial charge in [0.15, 0.2) is 5.76 Å². The molecular formula is C11H8BrNO2. The second-order valence-electron chi connectivity index (χ2n) is 3.04. The first-order valence-corrected chi connectivity index (χ1v) is 5.11. The maximum Gasteiger partial charge on any atom is 0.228 e. The molecule has 1 heterocycles. The molecule has 0 aliphatic rings. The smallest absolute Gasteiger partial charge is 0.228 e. The fourth-order valence-electron chi connectivity index (χ4n) is 1.24. The Bertz CT molecular complexity index is 491. The number of anilines is 1. The molecule has 15 heavy (non-hydrogen) atoms. The zero-order valence-corrected chi connectivity index (χ0v) is 9.32. The minimum absolute atomic E-state index is 0.167. The van der Waals surface area contributed by atoms with E-state index in [-0.39, 0.29) is 5.78 Å². The van der Waals surface area contributed by atoms with E-state index in [0.717, 1.165) is 4.47 Å². The molecule has 0 saturated heterocycles. The number of hydrogen-bond acceptors (Lipinski definition) is 3. The predicted molar refractivity (Wildman–Crippen MR) is 60.7 cm³/mol. The molecule has 0 amide bonds. The van der Waals surface area contributed by atoms with Crippen LogP contribution in [0, 0.1) is 0 Å². The number of nitrogen functional groups attached to an aromatic ring is 1. The number of carbonyl (C=O) groups is 1. The van der Waals surface area contributed by atoms with E-state index in [1.807, 2.05) is 0 Å². The summed E-state index contributed by atoms with van der Waals surface area (Å²) in [5, 5.41) is 0. The van der Waals surface area contributed by atoms with Crippen molar-refractivity contribution in [3.63, 3.8) is 0 Å². The maximum atomic E-state index is 11.8. The number of nitrogens with two attached hydrogens (primary N) is 1. The van der Waals surface area contributed by atoms with Gasteiger partial charge in [0.25, 0.3) is 0 Å². The molecule has 0 fully saturated rings. The number of carbonyl (C=O) groups excluding carboxylic acids is 1. The highest BCUT2D eigenvalue weighted by molar-refractivity contribution is 9.10. The normalized spacial score (nSPS) is 10.2. The summed E-state index contributed by atoms with van der Waals surface area (Å²) in [6.07, 6.45) is 1.47. The molecule has 0 spiro atoms. The third-order valence-corrected chi connectivity index (χ3v) is 2.73. The van der Waals surface area contributed by atoms with Gasteiger partial charge in [0.1, 0.15) is 0 Å². The van der Waals surface area contributed by atoms with Gasteiger partial charge in [-0.2, -0.15) is 0 Å². The number of benzene rings is 1. The molecule has 0 aliphatic carbocycles. The average molecular weight is 266 g/mol. The highest BCUT2D eigenvalue weighted by Crippen LogP contribution is 2.21. The second-order valence-corrected chi connectivity index (χ2v) is 3.90. The van der Waals surface area contributed by atoms with Gasteiger partial charge in [-0.15, -0.1) is 0 Å². The quantitative estimate of drug-likeness (QED) is 0.671. The number of rotatable bonds is 2. The minimum Gasteiger partial charge on any atom is -0.461 e. The molecule has 1 aromatic carbocycles. The number of furan rings is 1. The van der Waals surface area contributed by atoms with Crippen LogP contribution in [-0.4, -0.2) is 5.78 Å². The topological polar surface area (TPSA) is 56.2 Å². The molecule has 2 aromatic rings. The highest BCUT2D eigenvalue weighted by Gasteiger charge is 2.12. The van der Waals surface area contributed by atoms with E-state index in [0.29, 0.717) is 17.0 Å². The molecule has 0 saturated carbocycles. The predicted octanol–water partition coefficient (Wildman–Crippen LogP) is 2.86. The van der Waals surface area contributed by atoms with Crippen LogP contribution in [0.1, 0.15) is 16.1 Å². The first-order valence-electron chi connectivity index (χ1n) is 4.31. The van der Waals surface area contributed by atoms with Crippen LogP contribution in [0.25, 0.3) is 0 Å². The summed E-state index contributed by atoms with van der Waals surface area (Å²) in [4.78, 5) is 11.8. The molecule has 0 atom stereocenters. The van der Waals surface area contributed by atoms with E-state index in [2.05, 4.69) is 15.9 Å². The van der Waals surface area contributed by atoms with Crippen LogP contribution in [0.3, 0.4) is 0 Å². The lowest BCUT2D eigenvalue weighted by molar-refractivity contribution is 0.101. The lowest BCUT2D eigenvalue weighted by atomic mass is 10.1. The van der Waals surface area contributed by atoms with E-state index in [1.54, 1.807) is 30.3 Å². The van der Waals surface area contributed by atoms with E-state index < -0.39 is 0 Å². The molecule has 0 unspecified atom stereocenters. The summed E-state index contributed by atoms with van der Waals surface area (Å²) in [6.45, 7) is 0. The van der Waals surface area contributed by atoms with E-state index in [4.69, 9.17) is 10.2 Å². The van der Waals surface area contributed by atoms with Gasteiger partial charge in [0, 0.05) is 15.7 Å². The Morgan fingerprint density at radius 2 is 2.13 bits per heavy atom. The van der Waals surface area contributed by atoms with Gasteiger partial charge >= 0.3 is 0 Å². The van der Waals surface area contributed by atoms with Gasteiger partial charge in [-0.25, -0.2) is 0 Å². The SMILES string of the molecule is Nc1cc(C(=O)c2ccco2)ccc1Br. The molecular weight excluding hydrogens is 258 g/mol. The summed E-state index contributed by atoms with van der Waals surface area (Å²) >= 11 is 3.27. The van der Waals surface area contributed by atoms with Crippen molar-refractivity contribution in [3.05, 3.63) is 52.4 Å². The van der Waals surface area contributed by atoms with Gasteiger partial charge in [0.05, 0.1) is 6.26 Å². The van der Waals surface area contributed by atoms with Crippen molar-refractivity contribution in [3.8, 4) is 0 Å². The van der Waals surface area contributed by atoms with Crippen molar-refractivity contribution >= 4 is 27.4 Å². The van der Waals surface area contributed by atoms with Crippen LogP contribution < -0.4 is 5.73 Å². The number of ketones is 1. The average Bonchev–Trinajstić information content (AvgIpc) is 2.74. The van der Waals surface area contributed by atoms with Crippen LogP contribution in [0.15, 0.2) is 45.5 Å². The molecule has 1 aromatic heterocycles. The highest BCUT2D eigenvalue weighted by atomic mass is 79.9. The molecule has 2 rings (SSSR count). The van der Waals surface area contributed by atoms with E-state index >= 15 is 0 Å². The molecule has 76 valence electrons. The van der Waals surface area contributed by atoms with Crippen molar-refractivity contribution < 1.29 is 9.21 Å². The number of hydrogen-bond donors (Lipinski definition) is 1. The monoisotopic (exact) mass is 265 g/mol. The largest absolute Gasteiger partial charge is 0.461 e. The Morgan fingerprint density at radius 3 is 2.73 bits per heavy atom. The summed E-state index contributed by atoms with van der Waals surface area (Å²) in [7, 11) is 0. The Hall–Kier alpha value is -1.55. The lowest BCUT2D eigenvalue weighted by Gasteiger charge is -2.01. The van der Waals surface area contributed by atoms with Crippen molar-refractivity contribution in [2.75, 3.05) is 5.73 Å². The molecule has 0 aliphatic heterocycles. The fourth-order valence-corrected chi connectivity index (χ4v) is 1.48. The first kappa shape index (κ1) is 9.98. The summed E-state index contributed by atoms with van der Waals surface area (Å²) in [5.41, 5.74) is 6.74. The molecule has 3 nitrogen and oxygen atoms in total. The van der Waals surface area contributed by atoms with Gasteiger partial charge in [-0.05, 0) is 46.3 Å². The summed E-state index contributed by atoms with van der Waals surface area (Å²) < 4.78 is 5.79. The zero-order chi connectivity index (χ0) is 10.8. The van der Waals surface area contributed by atoms with Crippen molar-refractivity contribution in [1.29, 1.82) is 0 Å². The summed E-state index contributed by atoms with van der Waals surface area (Å²) in [5.74, 6) is 0.149. The lowest BCUT2D eigenvalue weighted by Crippen LogP contribution is -2.00. The van der Waals surface area contributed by atoms with E-state index in [9.17, 15) is 4.79 Å². The first-order chi connectivity index (χ1) is 7.18. The number of halogens is 1. The Labute approximate surface area is 95.0 Å². The van der Waals surface area contributed by atoms with Crippen molar-refractivity contribution in [2.45, 2.75) is 0 Å². The van der Waals surface area contributed by atoms with Crippen molar-refractivity contribution in [2.24, 2.45) is 0 Å². The fraction of sp³-hybridized carbons (Fsp3) is 0. The van der Waals surface area contributed by atoms with E-state index in [1.165, 1.54) is 6.26 Å². The third-order valence-electron chi connectivity index (χ3n) is 2.00. The van der Waals surface area contributed by atoms with Crippen LogP contribution in [0.5, 0.6) is 0 Å². The molecule has 0 bridgehead atoms. The van der Waals surface area contributed by atoms with Gasteiger partial charge in [-0.1, -0.05) is 0 Å². The second kappa shape index (κ2) is 3.90. The standard InChI is InChI=1S/C11H8BrNO2/c12-8-4-3-7(6-9(8)13)11(14)10-2-1-5-15-10/h1-6H,13H2. The third kappa shape index (κ3) is 1.94. The Balaban J connectivity index is 2.39. The zero-order valence-electron chi connectivity index (χ0n) is 7.74. The Morgan fingerprint density at radius 1 is 1.33 bits per heavy atom. The van der Waals surface area contributed by atoms with Crippen molar-refractivity contribution in [1.82, 2.24) is 0 Å². The van der Waals surface area contributed by atoms with Gasteiger partial charge in [-0.3, -0.25) is 4.79 Å². The van der Waals surface area contributed by atoms with Crippen LogP contribution in [0.4, 0.5) is 5.69 Å². The van der Waals surface area contributed by atoms with Gasteiger partial charge < -0.3 is 10.2 Å².